The summed E-state index contributed by atoms with van der Waals surface area (Å²) < 4.78 is 10.6. The number of pyridine rings is 1. The van der Waals surface area contributed by atoms with Crippen molar-refractivity contribution >= 4 is 16.8 Å². The highest BCUT2D eigenvalue weighted by Gasteiger charge is 2.32. The Hall–Kier alpha value is -2.02. The van der Waals surface area contributed by atoms with Crippen molar-refractivity contribution < 1.29 is 19.4 Å². The van der Waals surface area contributed by atoms with Crippen molar-refractivity contribution in [2.24, 2.45) is 5.92 Å². The highest BCUT2D eigenvalue weighted by atomic mass is 16.5. The van der Waals surface area contributed by atoms with Gasteiger partial charge in [0.15, 0.2) is 0 Å². The lowest BCUT2D eigenvalue weighted by atomic mass is 9.96. The SMILES string of the molecule is CO[C@@H]1COC[C@@H](CNC(=O)c2cc(C)nc3ccccc23)[C@@H]1O. The van der Waals surface area contributed by atoms with Gasteiger partial charge in [0, 0.05) is 30.7 Å². The summed E-state index contributed by atoms with van der Waals surface area (Å²) in [7, 11) is 1.55. The van der Waals surface area contributed by atoms with Gasteiger partial charge in [-0.3, -0.25) is 9.78 Å². The maximum Gasteiger partial charge on any atom is 0.252 e. The summed E-state index contributed by atoms with van der Waals surface area (Å²) in [4.78, 5) is 17.1. The van der Waals surface area contributed by atoms with E-state index in [1.165, 1.54) is 0 Å². The van der Waals surface area contributed by atoms with Crippen molar-refractivity contribution in [3.05, 3.63) is 41.6 Å². The second kappa shape index (κ2) is 7.25. The van der Waals surface area contributed by atoms with Crippen molar-refractivity contribution in [2.45, 2.75) is 19.1 Å². The number of carbonyl (C=O) groups is 1. The molecule has 6 nitrogen and oxygen atoms in total. The fraction of sp³-hybridized carbons (Fsp3) is 0.444. The molecule has 1 aliphatic rings. The van der Waals surface area contributed by atoms with Gasteiger partial charge in [-0.15, -0.1) is 0 Å². The van der Waals surface area contributed by atoms with Crippen LogP contribution in [-0.2, 0) is 9.47 Å². The summed E-state index contributed by atoms with van der Waals surface area (Å²) >= 11 is 0. The molecule has 0 radical (unpaired) electrons. The molecule has 2 N–H and O–H groups in total. The Morgan fingerprint density at radius 3 is 3.00 bits per heavy atom. The molecule has 1 amide bonds. The lowest BCUT2D eigenvalue weighted by Gasteiger charge is -2.33. The van der Waals surface area contributed by atoms with Gasteiger partial charge in [-0.25, -0.2) is 0 Å². The smallest absolute Gasteiger partial charge is 0.252 e. The number of fused-ring (bicyclic) bond motifs is 1. The molecule has 1 aromatic carbocycles. The third-order valence-electron chi connectivity index (χ3n) is 4.39. The number of nitrogens with zero attached hydrogens (tertiary/aromatic N) is 1. The molecule has 0 saturated carbocycles. The Labute approximate surface area is 140 Å². The molecule has 2 heterocycles. The molecule has 3 atom stereocenters. The number of methoxy groups -OCH3 is 1. The minimum atomic E-state index is -0.653. The van der Waals surface area contributed by atoms with Crippen LogP contribution in [0.4, 0.5) is 0 Å². The second-order valence-electron chi connectivity index (χ2n) is 6.10. The topological polar surface area (TPSA) is 80.7 Å². The van der Waals surface area contributed by atoms with Crippen molar-refractivity contribution in [2.75, 3.05) is 26.9 Å². The molecule has 1 aliphatic heterocycles. The Bertz CT molecular complexity index is 734. The van der Waals surface area contributed by atoms with Gasteiger partial charge in [-0.1, -0.05) is 18.2 Å². The van der Waals surface area contributed by atoms with E-state index in [1.54, 1.807) is 13.2 Å². The minimum Gasteiger partial charge on any atom is -0.390 e. The van der Waals surface area contributed by atoms with Crippen LogP contribution < -0.4 is 5.32 Å². The van der Waals surface area contributed by atoms with Gasteiger partial charge in [0.05, 0.1) is 30.4 Å². The van der Waals surface area contributed by atoms with Crippen molar-refractivity contribution in [1.82, 2.24) is 10.3 Å². The van der Waals surface area contributed by atoms with E-state index in [4.69, 9.17) is 9.47 Å². The van der Waals surface area contributed by atoms with Crippen LogP contribution in [0, 0.1) is 12.8 Å². The fourth-order valence-corrected chi connectivity index (χ4v) is 3.04. The number of aryl methyl sites for hydroxylation is 1. The van der Waals surface area contributed by atoms with E-state index >= 15 is 0 Å². The third-order valence-corrected chi connectivity index (χ3v) is 4.39. The molecule has 0 spiro atoms. The van der Waals surface area contributed by atoms with Crippen molar-refractivity contribution in [1.29, 1.82) is 0 Å². The average molecular weight is 330 g/mol. The van der Waals surface area contributed by atoms with Crippen LogP contribution in [0.3, 0.4) is 0 Å². The summed E-state index contributed by atoms with van der Waals surface area (Å²) in [5, 5.41) is 14.0. The van der Waals surface area contributed by atoms with E-state index in [0.29, 0.717) is 25.3 Å². The van der Waals surface area contributed by atoms with Crippen LogP contribution in [0.2, 0.25) is 0 Å². The monoisotopic (exact) mass is 330 g/mol. The first-order valence-electron chi connectivity index (χ1n) is 8.03. The molecule has 1 saturated heterocycles. The molecule has 3 rings (SSSR count). The number of aliphatic hydroxyl groups is 1. The summed E-state index contributed by atoms with van der Waals surface area (Å²) in [6, 6.07) is 9.34. The maximum absolute atomic E-state index is 12.6. The van der Waals surface area contributed by atoms with E-state index in [9.17, 15) is 9.90 Å². The van der Waals surface area contributed by atoms with Gasteiger partial charge < -0.3 is 19.9 Å². The maximum atomic E-state index is 12.6. The van der Waals surface area contributed by atoms with Gasteiger partial charge in [-0.05, 0) is 19.1 Å². The number of hydrogen-bond donors (Lipinski definition) is 2. The van der Waals surface area contributed by atoms with Crippen molar-refractivity contribution in [3.8, 4) is 0 Å². The first-order chi connectivity index (χ1) is 11.6. The fourth-order valence-electron chi connectivity index (χ4n) is 3.04. The predicted molar refractivity (Wildman–Crippen MR) is 89.9 cm³/mol. The number of amides is 1. The summed E-state index contributed by atoms with van der Waals surface area (Å²) in [6.45, 7) is 2.97. The van der Waals surface area contributed by atoms with Crippen LogP contribution in [0.1, 0.15) is 16.1 Å². The quantitative estimate of drug-likeness (QED) is 0.883. The zero-order chi connectivity index (χ0) is 17.1. The zero-order valence-corrected chi connectivity index (χ0v) is 13.9. The molecular formula is C18H22N2O4. The standard InChI is InChI=1S/C18H22N2O4/c1-11-7-14(13-5-3-4-6-15(13)20-11)18(22)19-8-12-9-24-10-16(23-2)17(12)21/h3-7,12,16-17,21H,8-10H2,1-2H3,(H,19,22)/t12-,16-,17+/m1/s1. The summed E-state index contributed by atoms with van der Waals surface area (Å²) in [5.74, 6) is -0.370. The number of para-hydroxylation sites is 1. The van der Waals surface area contributed by atoms with E-state index in [1.807, 2.05) is 31.2 Å². The molecule has 0 bridgehead atoms. The first-order valence-corrected chi connectivity index (χ1v) is 8.03. The number of benzene rings is 1. The highest BCUT2D eigenvalue weighted by Crippen LogP contribution is 2.19. The average Bonchev–Trinajstić information content (AvgIpc) is 2.59. The van der Waals surface area contributed by atoms with Crippen LogP contribution in [0.5, 0.6) is 0 Å². The first kappa shape index (κ1) is 16.8. The van der Waals surface area contributed by atoms with E-state index in [-0.39, 0.29) is 17.9 Å². The molecular weight excluding hydrogens is 308 g/mol. The number of carbonyl (C=O) groups excluding carboxylic acids is 1. The molecule has 0 unspecified atom stereocenters. The van der Waals surface area contributed by atoms with Gasteiger partial charge >= 0.3 is 0 Å². The largest absolute Gasteiger partial charge is 0.390 e. The molecule has 1 aromatic heterocycles. The number of aromatic nitrogens is 1. The van der Waals surface area contributed by atoms with Crippen molar-refractivity contribution in [3.63, 3.8) is 0 Å². The molecule has 1 fully saturated rings. The summed E-state index contributed by atoms with van der Waals surface area (Å²) in [6.07, 6.45) is -1.01. The van der Waals surface area contributed by atoms with Gasteiger partial charge in [0.2, 0.25) is 0 Å². The lowest BCUT2D eigenvalue weighted by molar-refractivity contribution is -0.132. The molecule has 0 aliphatic carbocycles. The zero-order valence-electron chi connectivity index (χ0n) is 13.9. The molecule has 128 valence electrons. The predicted octanol–water partition coefficient (Wildman–Crippen LogP) is 1.30. The molecule has 24 heavy (non-hydrogen) atoms. The third kappa shape index (κ3) is 3.40. The van der Waals surface area contributed by atoms with Crippen LogP contribution in [0.15, 0.2) is 30.3 Å². The number of hydrogen-bond acceptors (Lipinski definition) is 5. The highest BCUT2D eigenvalue weighted by molar-refractivity contribution is 6.06. The van der Waals surface area contributed by atoms with Crippen LogP contribution in [-0.4, -0.2) is 55.1 Å². The number of nitrogens with one attached hydrogen (secondary N) is 1. The number of ether oxygens (including phenoxy) is 2. The number of aliphatic hydroxyl groups excluding tert-OH is 1. The van der Waals surface area contributed by atoms with E-state index in [0.717, 1.165) is 16.6 Å². The summed E-state index contributed by atoms with van der Waals surface area (Å²) in [5.41, 5.74) is 2.18. The van der Waals surface area contributed by atoms with E-state index in [2.05, 4.69) is 10.3 Å². The normalized spacial score (nSPS) is 24.0. The van der Waals surface area contributed by atoms with Crippen LogP contribution in [0.25, 0.3) is 10.9 Å². The second-order valence-corrected chi connectivity index (χ2v) is 6.10. The Kier molecular flexibility index (Phi) is 5.08. The molecule has 6 heteroatoms. The minimum absolute atomic E-state index is 0.177. The van der Waals surface area contributed by atoms with E-state index < -0.39 is 6.10 Å². The van der Waals surface area contributed by atoms with Gasteiger partial charge in [0.25, 0.3) is 5.91 Å². The molecule has 2 aromatic rings. The van der Waals surface area contributed by atoms with Gasteiger partial charge in [-0.2, -0.15) is 0 Å². The Morgan fingerprint density at radius 1 is 1.42 bits per heavy atom. The van der Waals surface area contributed by atoms with Gasteiger partial charge in [0.1, 0.15) is 6.10 Å². The van der Waals surface area contributed by atoms with Crippen LogP contribution >= 0.6 is 0 Å². The Balaban J connectivity index is 1.74. The lowest BCUT2D eigenvalue weighted by Crippen LogP contribution is -2.49. The number of rotatable bonds is 4. The Morgan fingerprint density at radius 2 is 2.21 bits per heavy atom.